The van der Waals surface area contributed by atoms with Crippen molar-refractivity contribution in [2.24, 2.45) is 0 Å². The van der Waals surface area contributed by atoms with E-state index >= 15 is 0 Å². The van der Waals surface area contributed by atoms with E-state index in [-0.39, 0.29) is 29.7 Å². The largest absolute Gasteiger partial charge is 0.208 e. The van der Waals surface area contributed by atoms with Crippen LogP contribution in [0.15, 0.2) is 164 Å². The normalized spacial score (nSPS) is 12.9. The lowest BCUT2D eigenvalue weighted by Crippen LogP contribution is -2.00. The molecule has 0 aliphatic rings. The van der Waals surface area contributed by atoms with Crippen LogP contribution in [0.4, 0.5) is 0 Å². The first-order valence-corrected chi connectivity index (χ1v) is 16.1. The molecule has 2 heterocycles. The summed E-state index contributed by atoms with van der Waals surface area (Å²) >= 11 is 1.52. The third kappa shape index (κ3) is 5.05. The van der Waals surface area contributed by atoms with Gasteiger partial charge in [-0.1, -0.05) is 152 Å². The molecule has 0 bridgehead atoms. The zero-order chi connectivity index (χ0) is 35.5. The molecule has 0 aliphatic heterocycles. The quantitative estimate of drug-likeness (QED) is 0.192. The maximum Gasteiger partial charge on any atom is 0.164 e. The Kier molecular flexibility index (Phi) is 5.48. The molecule has 0 saturated heterocycles. The van der Waals surface area contributed by atoms with Gasteiger partial charge in [-0.15, -0.1) is 11.3 Å². The number of hydrogen-bond donors (Lipinski definition) is 0. The highest BCUT2D eigenvalue weighted by Crippen LogP contribution is 2.41. The highest BCUT2D eigenvalue weighted by atomic mass is 32.1. The Balaban J connectivity index is 1.15. The molecule has 2 aromatic heterocycles. The van der Waals surface area contributed by atoms with Crippen molar-refractivity contribution in [3.05, 3.63) is 164 Å². The van der Waals surface area contributed by atoms with Crippen LogP contribution in [0.2, 0.25) is 0 Å². The third-order valence-electron chi connectivity index (χ3n) is 8.42. The van der Waals surface area contributed by atoms with Crippen molar-refractivity contribution in [3.8, 4) is 56.4 Å². The van der Waals surface area contributed by atoms with Crippen molar-refractivity contribution in [1.29, 1.82) is 0 Å². The third-order valence-corrected chi connectivity index (χ3v) is 9.62. The van der Waals surface area contributed by atoms with Gasteiger partial charge in [0.2, 0.25) is 0 Å². The Morgan fingerprint density at radius 1 is 0.426 bits per heavy atom. The number of nitrogens with zero attached hydrogens (tertiary/aromatic N) is 3. The minimum Gasteiger partial charge on any atom is -0.208 e. The summed E-state index contributed by atoms with van der Waals surface area (Å²) in [7, 11) is 0. The van der Waals surface area contributed by atoms with E-state index in [1.54, 1.807) is 0 Å². The second-order valence-corrected chi connectivity index (χ2v) is 12.4. The first kappa shape index (κ1) is 22.5. The van der Waals surface area contributed by atoms with E-state index in [1.165, 1.54) is 22.1 Å². The number of aromatic nitrogens is 3. The van der Waals surface area contributed by atoms with Gasteiger partial charge in [0.05, 0.1) is 6.85 Å². The van der Waals surface area contributed by atoms with E-state index in [2.05, 4.69) is 54.6 Å². The molecule has 0 spiro atoms. The molecule has 4 heteroatoms. The van der Waals surface area contributed by atoms with Crippen molar-refractivity contribution < 1.29 is 6.85 Å². The molecule has 9 rings (SSSR count). The number of benzene rings is 7. The molecule has 0 N–H and O–H groups in total. The minimum atomic E-state index is -0.403. The van der Waals surface area contributed by atoms with Gasteiger partial charge in [-0.2, -0.15) is 0 Å². The lowest BCUT2D eigenvalue weighted by Gasteiger charge is -2.09. The number of rotatable bonds is 5. The maximum absolute atomic E-state index is 8.61. The standard InChI is InChI=1S/C43H27N3S/c1-3-11-30(12-4-1)36-16-9-17-38-37-25-24-35(27-39(37)47-40(36)38)43-45-41(31-13-5-2-6-14-31)44-42(46-43)32-21-18-29(19-22-32)34-23-20-28-10-7-8-15-33(28)26-34/h1-27H/i1D,3D,4D,11D,12D. The highest BCUT2D eigenvalue weighted by Gasteiger charge is 2.15. The summed E-state index contributed by atoms with van der Waals surface area (Å²) in [6.07, 6.45) is 0. The zero-order valence-electron chi connectivity index (χ0n) is 30.0. The molecule has 9 aromatic rings. The lowest BCUT2D eigenvalue weighted by atomic mass is 10.00. The number of hydrogen-bond acceptors (Lipinski definition) is 4. The molecule has 0 aliphatic carbocycles. The Morgan fingerprint density at radius 3 is 1.85 bits per heavy atom. The first-order chi connectivity index (χ1) is 25.3. The molecule has 0 atom stereocenters. The van der Waals surface area contributed by atoms with Crippen molar-refractivity contribution in [3.63, 3.8) is 0 Å². The molecular weight excluding hydrogens is 591 g/mol. The van der Waals surface area contributed by atoms with Gasteiger partial charge in [-0.3, -0.25) is 0 Å². The lowest BCUT2D eigenvalue weighted by molar-refractivity contribution is 1.07. The van der Waals surface area contributed by atoms with E-state index in [9.17, 15) is 0 Å². The minimum absolute atomic E-state index is 0.199. The van der Waals surface area contributed by atoms with Crippen LogP contribution >= 0.6 is 11.3 Å². The van der Waals surface area contributed by atoms with Gasteiger partial charge in [-0.25, -0.2) is 15.0 Å². The van der Waals surface area contributed by atoms with Crippen molar-refractivity contribution >= 4 is 42.3 Å². The average Bonchev–Trinajstić information content (AvgIpc) is 3.58. The zero-order valence-corrected chi connectivity index (χ0v) is 25.8. The monoisotopic (exact) mass is 622 g/mol. The van der Waals surface area contributed by atoms with Crippen LogP contribution in [0.1, 0.15) is 6.85 Å². The average molecular weight is 623 g/mol. The SMILES string of the molecule is [2H]c1c([2H])c([2H])c(-c2cccc3c2sc2cc(-c4nc(-c5ccccc5)nc(-c5ccc(-c6ccc7ccccc7c6)cc5)n4)ccc23)c([2H])c1[2H]. The summed E-state index contributed by atoms with van der Waals surface area (Å²) in [4.78, 5) is 14.9. The van der Waals surface area contributed by atoms with Crippen LogP contribution in [-0.2, 0) is 0 Å². The van der Waals surface area contributed by atoms with Gasteiger partial charge >= 0.3 is 0 Å². The smallest absolute Gasteiger partial charge is 0.164 e. The van der Waals surface area contributed by atoms with Crippen LogP contribution in [0.3, 0.4) is 0 Å². The van der Waals surface area contributed by atoms with E-state index < -0.39 is 6.04 Å². The van der Waals surface area contributed by atoms with Crippen molar-refractivity contribution in [2.75, 3.05) is 0 Å². The molecule has 220 valence electrons. The number of fused-ring (bicyclic) bond motifs is 4. The summed E-state index contributed by atoms with van der Waals surface area (Å²) in [5, 5.41) is 4.35. The molecule has 0 fully saturated rings. The predicted octanol–water partition coefficient (Wildman–Crippen LogP) is 11.7. The van der Waals surface area contributed by atoms with Crippen LogP contribution < -0.4 is 0 Å². The first-order valence-electron chi connectivity index (χ1n) is 17.8. The fourth-order valence-corrected chi connectivity index (χ4v) is 7.31. The van der Waals surface area contributed by atoms with Crippen molar-refractivity contribution in [2.45, 2.75) is 0 Å². The Morgan fingerprint density at radius 2 is 1.06 bits per heavy atom. The second kappa shape index (κ2) is 11.4. The predicted molar refractivity (Wildman–Crippen MR) is 197 cm³/mol. The van der Waals surface area contributed by atoms with Gasteiger partial charge < -0.3 is 0 Å². The van der Waals surface area contributed by atoms with Crippen LogP contribution in [-0.4, -0.2) is 15.0 Å². The Bertz CT molecular complexity index is 2820. The van der Waals surface area contributed by atoms with Gasteiger partial charge in [0.25, 0.3) is 0 Å². The van der Waals surface area contributed by atoms with Gasteiger partial charge in [0, 0.05) is 36.9 Å². The van der Waals surface area contributed by atoms with Crippen LogP contribution in [0, 0.1) is 0 Å². The molecule has 7 aromatic carbocycles. The van der Waals surface area contributed by atoms with Crippen LogP contribution in [0.25, 0.3) is 87.4 Å². The molecule has 47 heavy (non-hydrogen) atoms. The molecule has 0 saturated carbocycles. The molecular formula is C43H27N3S. The summed E-state index contributed by atoms with van der Waals surface area (Å²) in [5.41, 5.74) is 5.62. The summed E-state index contributed by atoms with van der Waals surface area (Å²) in [5.74, 6) is 1.67. The van der Waals surface area contributed by atoms with Gasteiger partial charge in [-0.05, 0) is 45.2 Å². The van der Waals surface area contributed by atoms with E-state index in [4.69, 9.17) is 21.8 Å². The Labute approximate surface area is 283 Å². The van der Waals surface area contributed by atoms with E-state index in [0.29, 0.717) is 23.0 Å². The molecule has 3 nitrogen and oxygen atoms in total. The maximum atomic E-state index is 8.61. The summed E-state index contributed by atoms with van der Waals surface area (Å²) in [6, 6.07) is 43.3. The highest BCUT2D eigenvalue weighted by molar-refractivity contribution is 7.26. The molecule has 0 unspecified atom stereocenters. The van der Waals surface area contributed by atoms with E-state index in [1.807, 2.05) is 78.9 Å². The van der Waals surface area contributed by atoms with Crippen molar-refractivity contribution in [1.82, 2.24) is 15.0 Å². The summed E-state index contributed by atoms with van der Waals surface area (Å²) < 4.78 is 43.6. The van der Waals surface area contributed by atoms with E-state index in [0.717, 1.165) is 48.0 Å². The van der Waals surface area contributed by atoms with Gasteiger partial charge in [0.1, 0.15) is 0 Å². The molecule has 0 radical (unpaired) electrons. The topological polar surface area (TPSA) is 38.7 Å². The Hall–Kier alpha value is -5.97. The second-order valence-electron chi connectivity index (χ2n) is 11.3. The fourth-order valence-electron chi connectivity index (χ4n) is 6.05. The fraction of sp³-hybridized carbons (Fsp3) is 0. The molecule has 0 amide bonds. The van der Waals surface area contributed by atoms with Crippen LogP contribution in [0.5, 0.6) is 0 Å². The summed E-state index contributed by atoms with van der Waals surface area (Å²) in [6.45, 7) is 0. The van der Waals surface area contributed by atoms with Gasteiger partial charge in [0.15, 0.2) is 17.5 Å². The number of thiophene rings is 1.